The van der Waals surface area contributed by atoms with Gasteiger partial charge in [-0.05, 0) is 6.26 Å². The van der Waals surface area contributed by atoms with E-state index in [9.17, 15) is 4.79 Å². The van der Waals surface area contributed by atoms with E-state index in [4.69, 9.17) is 0 Å². The Balaban J connectivity index is 2.49. The van der Waals surface area contributed by atoms with Gasteiger partial charge in [-0.1, -0.05) is 11.8 Å². The molecule has 0 aromatic heterocycles. The highest BCUT2D eigenvalue weighted by atomic mass is 32.2. The van der Waals surface area contributed by atoms with E-state index in [1.807, 2.05) is 6.26 Å². The second-order valence-electron chi connectivity index (χ2n) is 1.26. The summed E-state index contributed by atoms with van der Waals surface area (Å²) in [5.41, 5.74) is 0. The Labute approximate surface area is 51.1 Å². The molecule has 1 aliphatic heterocycles. The number of rotatable bonds is 0. The molecule has 1 rings (SSSR count). The summed E-state index contributed by atoms with van der Waals surface area (Å²) in [6, 6.07) is 0. The summed E-state index contributed by atoms with van der Waals surface area (Å²) in [6.07, 6.45) is 1.82. The summed E-state index contributed by atoms with van der Waals surface area (Å²) >= 11 is 1.34. The number of cyclic esters (lactones) is 1. The number of ether oxygens (including phenoxy) is 1. The van der Waals surface area contributed by atoms with Crippen LogP contribution in [0.25, 0.3) is 0 Å². The van der Waals surface area contributed by atoms with Gasteiger partial charge in [0, 0.05) is 0 Å². The Morgan fingerprint density at radius 3 is 2.88 bits per heavy atom. The quantitative estimate of drug-likeness (QED) is 0.443. The number of carbonyl (C=O) groups excluding carboxylic acids is 1. The van der Waals surface area contributed by atoms with Gasteiger partial charge in [0.05, 0.1) is 0 Å². The van der Waals surface area contributed by atoms with Gasteiger partial charge in [0.1, 0.15) is 6.54 Å². The molecule has 0 spiro atoms. The molecule has 1 heterocycles. The highest BCUT2D eigenvalue weighted by Gasteiger charge is 2.13. The first kappa shape index (κ1) is 5.62. The van der Waals surface area contributed by atoms with Crippen molar-refractivity contribution in [1.29, 1.82) is 0 Å². The normalized spacial score (nSPS) is 18.1. The molecule has 0 atom stereocenters. The number of nitrogens with zero attached hydrogens (tertiary/aromatic N) is 1. The van der Waals surface area contributed by atoms with Gasteiger partial charge in [-0.2, -0.15) is 0 Å². The topological polar surface area (TPSA) is 38.7 Å². The molecule has 0 unspecified atom stereocenters. The van der Waals surface area contributed by atoms with Gasteiger partial charge in [0.25, 0.3) is 5.23 Å². The third kappa shape index (κ3) is 1.01. The number of carbonyl (C=O) groups is 1. The molecule has 1 aliphatic rings. The lowest BCUT2D eigenvalue weighted by atomic mass is 10.7. The molecular formula is C4H5NO2S. The van der Waals surface area contributed by atoms with Crippen LogP contribution in [0.4, 0.5) is 0 Å². The van der Waals surface area contributed by atoms with Crippen molar-refractivity contribution in [2.75, 3.05) is 12.8 Å². The monoisotopic (exact) mass is 131 g/mol. The third-order valence-corrected chi connectivity index (χ3v) is 1.27. The first-order valence-electron chi connectivity index (χ1n) is 2.12. The van der Waals surface area contributed by atoms with Crippen LogP contribution in [0.2, 0.25) is 0 Å². The average molecular weight is 131 g/mol. The molecule has 0 N–H and O–H groups in total. The smallest absolute Gasteiger partial charge is 0.334 e. The Morgan fingerprint density at radius 1 is 1.88 bits per heavy atom. The Hall–Kier alpha value is -0.510. The second kappa shape index (κ2) is 2.17. The summed E-state index contributed by atoms with van der Waals surface area (Å²) in [5, 5.41) is 0.481. The van der Waals surface area contributed by atoms with Crippen LogP contribution in [0.3, 0.4) is 0 Å². The highest BCUT2D eigenvalue weighted by molar-refractivity contribution is 8.13. The molecule has 0 aromatic carbocycles. The molecule has 4 heteroatoms. The van der Waals surface area contributed by atoms with Crippen LogP contribution in [0.1, 0.15) is 0 Å². The minimum Gasteiger partial charge on any atom is -0.400 e. The number of hydrogen-bond donors (Lipinski definition) is 0. The molecule has 0 aromatic rings. The minimum absolute atomic E-state index is 0.191. The van der Waals surface area contributed by atoms with Crippen molar-refractivity contribution in [1.82, 2.24) is 0 Å². The SMILES string of the molecule is CSC1=NCC(=O)O1. The van der Waals surface area contributed by atoms with Crippen LogP contribution in [-0.4, -0.2) is 24.0 Å². The van der Waals surface area contributed by atoms with Crippen molar-refractivity contribution in [3.05, 3.63) is 0 Å². The van der Waals surface area contributed by atoms with Crippen molar-refractivity contribution >= 4 is 23.0 Å². The lowest BCUT2D eigenvalue weighted by molar-refractivity contribution is -0.132. The molecule has 0 radical (unpaired) electrons. The van der Waals surface area contributed by atoms with Gasteiger partial charge in [-0.3, -0.25) is 0 Å². The molecule has 0 saturated carbocycles. The number of hydrogen-bond acceptors (Lipinski definition) is 4. The Morgan fingerprint density at radius 2 is 2.62 bits per heavy atom. The predicted octanol–water partition coefficient (Wildman–Crippen LogP) is 0.262. The van der Waals surface area contributed by atoms with Gasteiger partial charge >= 0.3 is 5.97 Å². The first-order valence-corrected chi connectivity index (χ1v) is 3.34. The summed E-state index contributed by atoms with van der Waals surface area (Å²) in [6.45, 7) is 0.191. The van der Waals surface area contributed by atoms with Crippen molar-refractivity contribution in [3.8, 4) is 0 Å². The maximum absolute atomic E-state index is 10.3. The number of aliphatic imine (C=N–C) groups is 1. The van der Waals surface area contributed by atoms with Crippen LogP contribution in [0.15, 0.2) is 4.99 Å². The van der Waals surface area contributed by atoms with Gasteiger partial charge in [0.15, 0.2) is 0 Å². The molecular weight excluding hydrogens is 126 g/mol. The van der Waals surface area contributed by atoms with E-state index >= 15 is 0 Å². The maximum Gasteiger partial charge on any atom is 0.334 e. The van der Waals surface area contributed by atoms with E-state index in [0.717, 1.165) is 0 Å². The van der Waals surface area contributed by atoms with Gasteiger partial charge in [-0.25, -0.2) is 9.79 Å². The van der Waals surface area contributed by atoms with Gasteiger partial charge < -0.3 is 4.74 Å². The van der Waals surface area contributed by atoms with Crippen molar-refractivity contribution in [3.63, 3.8) is 0 Å². The first-order chi connectivity index (χ1) is 3.83. The third-order valence-electron chi connectivity index (χ3n) is 0.713. The second-order valence-corrected chi connectivity index (χ2v) is 2.02. The van der Waals surface area contributed by atoms with Crippen molar-refractivity contribution in [2.45, 2.75) is 0 Å². The average Bonchev–Trinajstić information content (AvgIpc) is 2.14. The zero-order chi connectivity index (χ0) is 5.98. The minimum atomic E-state index is -0.255. The fraction of sp³-hybridized carbons (Fsp3) is 0.500. The number of esters is 1. The zero-order valence-corrected chi connectivity index (χ0v) is 5.20. The van der Waals surface area contributed by atoms with E-state index in [2.05, 4.69) is 9.73 Å². The molecule has 0 fully saturated rings. The van der Waals surface area contributed by atoms with Crippen molar-refractivity contribution in [2.24, 2.45) is 4.99 Å². The molecule has 0 amide bonds. The van der Waals surface area contributed by atoms with Crippen molar-refractivity contribution < 1.29 is 9.53 Å². The van der Waals surface area contributed by atoms with E-state index < -0.39 is 0 Å². The van der Waals surface area contributed by atoms with E-state index in [-0.39, 0.29) is 12.5 Å². The molecule has 44 valence electrons. The molecule has 0 aliphatic carbocycles. The lowest BCUT2D eigenvalue weighted by Crippen LogP contribution is -2.00. The van der Waals surface area contributed by atoms with E-state index in [1.54, 1.807) is 0 Å². The van der Waals surface area contributed by atoms with Crippen LogP contribution in [0.5, 0.6) is 0 Å². The molecule has 3 nitrogen and oxygen atoms in total. The maximum atomic E-state index is 10.3. The summed E-state index contributed by atoms with van der Waals surface area (Å²) in [4.78, 5) is 14.0. The summed E-state index contributed by atoms with van der Waals surface area (Å²) in [5.74, 6) is -0.255. The zero-order valence-electron chi connectivity index (χ0n) is 4.38. The van der Waals surface area contributed by atoms with Crippen LogP contribution in [-0.2, 0) is 9.53 Å². The predicted molar refractivity (Wildman–Crippen MR) is 31.9 cm³/mol. The van der Waals surface area contributed by atoms with Crippen LogP contribution in [0, 0.1) is 0 Å². The fourth-order valence-electron chi connectivity index (χ4n) is 0.397. The van der Waals surface area contributed by atoms with Crippen LogP contribution >= 0.6 is 11.8 Å². The summed E-state index contributed by atoms with van der Waals surface area (Å²) < 4.78 is 4.58. The van der Waals surface area contributed by atoms with Gasteiger partial charge in [-0.15, -0.1) is 0 Å². The fourth-order valence-corrected chi connectivity index (χ4v) is 0.767. The molecule has 0 bridgehead atoms. The Kier molecular flexibility index (Phi) is 1.53. The van der Waals surface area contributed by atoms with E-state index in [0.29, 0.717) is 5.23 Å². The largest absolute Gasteiger partial charge is 0.400 e. The molecule has 0 saturated heterocycles. The lowest BCUT2D eigenvalue weighted by Gasteiger charge is -1.89. The summed E-state index contributed by atoms with van der Waals surface area (Å²) in [7, 11) is 0. The van der Waals surface area contributed by atoms with E-state index in [1.165, 1.54) is 11.8 Å². The number of thioether (sulfide) groups is 1. The standard InChI is InChI=1S/C4H5NO2S/c1-8-4-5-2-3(6)7-4/h2H2,1H3. The highest BCUT2D eigenvalue weighted by Crippen LogP contribution is 2.05. The molecule has 8 heavy (non-hydrogen) atoms. The van der Waals surface area contributed by atoms with Gasteiger partial charge in [0.2, 0.25) is 0 Å². The van der Waals surface area contributed by atoms with Crippen LogP contribution < -0.4 is 0 Å². The Bertz CT molecular complexity index is 143.